The van der Waals surface area contributed by atoms with Crippen molar-refractivity contribution in [2.45, 2.75) is 19.0 Å². The molecule has 2 heterocycles. The minimum Gasteiger partial charge on any atom is -0.480 e. The van der Waals surface area contributed by atoms with Crippen molar-refractivity contribution in [1.82, 2.24) is 30.2 Å². The molecule has 0 aliphatic carbocycles. The zero-order valence-corrected chi connectivity index (χ0v) is 11.4. The zero-order chi connectivity index (χ0) is 15.2. The summed E-state index contributed by atoms with van der Waals surface area (Å²) in [4.78, 5) is 38.1. The Balaban J connectivity index is 1.92. The van der Waals surface area contributed by atoms with Crippen LogP contribution in [0.3, 0.4) is 0 Å². The molecule has 2 aromatic rings. The van der Waals surface area contributed by atoms with Gasteiger partial charge in [-0.25, -0.2) is 19.6 Å². The highest BCUT2D eigenvalue weighted by Gasteiger charge is 2.23. The van der Waals surface area contributed by atoms with Gasteiger partial charge in [-0.05, 0) is 0 Å². The minimum absolute atomic E-state index is 0.135. The maximum atomic E-state index is 12.0. The third-order valence-corrected chi connectivity index (χ3v) is 2.86. The largest absolute Gasteiger partial charge is 0.480 e. The Hall–Kier alpha value is -2.84. The van der Waals surface area contributed by atoms with E-state index < -0.39 is 18.0 Å². The number of carboxylic acid groups (broad SMARTS) is 1. The Morgan fingerprint density at radius 2 is 2.29 bits per heavy atom. The van der Waals surface area contributed by atoms with E-state index in [1.54, 1.807) is 19.4 Å². The number of hydrogen-bond acceptors (Lipinski definition) is 4. The molecule has 2 amide bonds. The summed E-state index contributed by atoms with van der Waals surface area (Å²) in [5.41, 5.74) is 0.636. The van der Waals surface area contributed by atoms with E-state index >= 15 is 0 Å². The van der Waals surface area contributed by atoms with Gasteiger partial charge in [-0.15, -0.1) is 0 Å². The molecular formula is C12H16N6O3. The summed E-state index contributed by atoms with van der Waals surface area (Å²) in [6.45, 7) is 0.259. The highest BCUT2D eigenvalue weighted by molar-refractivity contribution is 5.82. The number of aliphatic carboxylic acids is 1. The van der Waals surface area contributed by atoms with Crippen molar-refractivity contribution in [3.05, 3.63) is 36.4 Å². The Bertz CT molecular complexity index is 580. The number of imidazole rings is 2. The first-order valence-electron chi connectivity index (χ1n) is 6.26. The summed E-state index contributed by atoms with van der Waals surface area (Å²) in [7, 11) is 1.56. The second-order valence-electron chi connectivity index (χ2n) is 4.51. The molecule has 0 aliphatic heterocycles. The predicted octanol–water partition coefficient (Wildman–Crippen LogP) is -0.0299. The topological polar surface area (TPSA) is 127 Å². The average molecular weight is 292 g/mol. The fourth-order valence-corrected chi connectivity index (χ4v) is 1.76. The number of rotatable bonds is 6. The van der Waals surface area contributed by atoms with Crippen LogP contribution in [0, 0.1) is 0 Å². The van der Waals surface area contributed by atoms with Gasteiger partial charge >= 0.3 is 12.0 Å². The number of carbonyl (C=O) groups excluding carboxylic acids is 1. The van der Waals surface area contributed by atoms with E-state index in [0.29, 0.717) is 11.5 Å². The van der Waals surface area contributed by atoms with Crippen LogP contribution in [-0.2, 0) is 17.8 Å². The van der Waals surface area contributed by atoms with Gasteiger partial charge in [-0.3, -0.25) is 0 Å². The molecule has 0 aromatic carbocycles. The first-order chi connectivity index (χ1) is 10.1. The molecule has 4 N–H and O–H groups in total. The fourth-order valence-electron chi connectivity index (χ4n) is 1.76. The van der Waals surface area contributed by atoms with Gasteiger partial charge in [0.1, 0.15) is 11.9 Å². The number of amides is 2. The number of carboxylic acids is 1. The van der Waals surface area contributed by atoms with Crippen molar-refractivity contribution in [2.24, 2.45) is 0 Å². The predicted molar refractivity (Wildman–Crippen MR) is 72.3 cm³/mol. The van der Waals surface area contributed by atoms with Crippen LogP contribution in [0.15, 0.2) is 24.9 Å². The van der Waals surface area contributed by atoms with Crippen LogP contribution in [-0.4, -0.2) is 55.0 Å². The molecule has 0 unspecified atom stereocenters. The molecule has 0 saturated carbocycles. The lowest BCUT2D eigenvalue weighted by molar-refractivity contribution is -0.139. The summed E-state index contributed by atoms with van der Waals surface area (Å²) in [5.74, 6) is -0.488. The maximum Gasteiger partial charge on any atom is 0.326 e. The van der Waals surface area contributed by atoms with Crippen molar-refractivity contribution in [3.63, 3.8) is 0 Å². The molecule has 9 heteroatoms. The number of H-pyrrole nitrogens is 2. The number of aromatic nitrogens is 4. The van der Waals surface area contributed by atoms with Crippen molar-refractivity contribution < 1.29 is 14.7 Å². The van der Waals surface area contributed by atoms with E-state index in [4.69, 9.17) is 0 Å². The third-order valence-electron chi connectivity index (χ3n) is 2.86. The van der Waals surface area contributed by atoms with Gasteiger partial charge in [0.05, 0.1) is 12.9 Å². The number of carbonyl (C=O) groups is 2. The Labute approximate surface area is 120 Å². The molecule has 21 heavy (non-hydrogen) atoms. The SMILES string of the molecule is CN(Cc1ncc[nH]1)C(=O)N[C@H](Cc1cnc[nH]1)C(=O)O. The summed E-state index contributed by atoms with van der Waals surface area (Å²) >= 11 is 0. The second kappa shape index (κ2) is 6.55. The van der Waals surface area contributed by atoms with Crippen LogP contribution in [0.2, 0.25) is 0 Å². The molecule has 0 radical (unpaired) electrons. The zero-order valence-electron chi connectivity index (χ0n) is 11.4. The molecule has 0 saturated heterocycles. The molecule has 0 aliphatic rings. The van der Waals surface area contributed by atoms with Crippen LogP contribution in [0.4, 0.5) is 4.79 Å². The summed E-state index contributed by atoms with van der Waals surface area (Å²) in [6.07, 6.45) is 6.35. The third kappa shape index (κ3) is 4.06. The smallest absolute Gasteiger partial charge is 0.326 e. The number of urea groups is 1. The molecule has 0 fully saturated rings. The van der Waals surface area contributed by atoms with Crippen molar-refractivity contribution in [2.75, 3.05) is 7.05 Å². The molecule has 0 bridgehead atoms. The van der Waals surface area contributed by atoms with Gasteiger partial charge in [0, 0.05) is 37.8 Å². The van der Waals surface area contributed by atoms with Gasteiger partial charge in [-0.1, -0.05) is 0 Å². The van der Waals surface area contributed by atoms with Gasteiger partial charge in [0.25, 0.3) is 0 Å². The first kappa shape index (κ1) is 14.6. The van der Waals surface area contributed by atoms with E-state index in [1.165, 1.54) is 17.4 Å². The Morgan fingerprint density at radius 3 is 2.86 bits per heavy atom. The minimum atomic E-state index is -1.11. The quantitative estimate of drug-likeness (QED) is 0.594. The Kier molecular flexibility index (Phi) is 4.54. The number of hydrogen-bond donors (Lipinski definition) is 4. The molecule has 2 rings (SSSR count). The van der Waals surface area contributed by atoms with Crippen LogP contribution in [0.5, 0.6) is 0 Å². The summed E-state index contributed by atoms with van der Waals surface area (Å²) < 4.78 is 0. The van der Waals surface area contributed by atoms with Crippen LogP contribution in [0.1, 0.15) is 11.5 Å². The van der Waals surface area contributed by atoms with Crippen LogP contribution >= 0.6 is 0 Å². The molecule has 9 nitrogen and oxygen atoms in total. The van der Waals surface area contributed by atoms with E-state index in [0.717, 1.165) is 0 Å². The maximum absolute atomic E-state index is 12.0. The normalized spacial score (nSPS) is 11.9. The number of aromatic amines is 2. The Morgan fingerprint density at radius 1 is 1.48 bits per heavy atom. The van der Waals surface area contributed by atoms with Crippen LogP contribution < -0.4 is 5.32 Å². The van der Waals surface area contributed by atoms with E-state index in [1.807, 2.05) is 0 Å². The van der Waals surface area contributed by atoms with Gasteiger partial charge < -0.3 is 25.3 Å². The molecule has 2 aromatic heterocycles. The number of nitrogens with one attached hydrogen (secondary N) is 3. The van der Waals surface area contributed by atoms with E-state index in [2.05, 4.69) is 25.3 Å². The summed E-state index contributed by atoms with van der Waals surface area (Å²) in [5, 5.41) is 11.6. The highest BCUT2D eigenvalue weighted by Crippen LogP contribution is 2.01. The standard InChI is InChI=1S/C12H16N6O3/c1-18(6-10-14-2-3-15-10)12(21)17-9(11(19)20)4-8-5-13-7-16-8/h2-3,5,7,9H,4,6H2,1H3,(H,13,16)(H,14,15)(H,17,21)(H,19,20)/t9-/m1/s1. The fraction of sp³-hybridized carbons (Fsp3) is 0.333. The first-order valence-corrected chi connectivity index (χ1v) is 6.26. The lowest BCUT2D eigenvalue weighted by Crippen LogP contribution is -2.47. The lowest BCUT2D eigenvalue weighted by atomic mass is 10.1. The van der Waals surface area contributed by atoms with E-state index in [9.17, 15) is 14.7 Å². The summed E-state index contributed by atoms with van der Waals surface area (Å²) in [6, 6.07) is -1.52. The molecule has 0 spiro atoms. The van der Waals surface area contributed by atoms with Gasteiger partial charge in [0.15, 0.2) is 0 Å². The van der Waals surface area contributed by atoms with Gasteiger partial charge in [-0.2, -0.15) is 0 Å². The van der Waals surface area contributed by atoms with Crippen molar-refractivity contribution in [1.29, 1.82) is 0 Å². The van der Waals surface area contributed by atoms with Crippen molar-refractivity contribution >= 4 is 12.0 Å². The van der Waals surface area contributed by atoms with Gasteiger partial charge in [0.2, 0.25) is 0 Å². The lowest BCUT2D eigenvalue weighted by Gasteiger charge is -2.20. The van der Waals surface area contributed by atoms with Crippen LogP contribution in [0.25, 0.3) is 0 Å². The second-order valence-corrected chi connectivity index (χ2v) is 4.51. The van der Waals surface area contributed by atoms with E-state index in [-0.39, 0.29) is 13.0 Å². The van der Waals surface area contributed by atoms with Crippen molar-refractivity contribution in [3.8, 4) is 0 Å². The number of nitrogens with zero attached hydrogens (tertiary/aromatic N) is 3. The molecular weight excluding hydrogens is 276 g/mol. The molecule has 112 valence electrons. The average Bonchev–Trinajstić information content (AvgIpc) is 3.10. The molecule has 1 atom stereocenters. The highest BCUT2D eigenvalue weighted by atomic mass is 16.4. The monoisotopic (exact) mass is 292 g/mol.